The minimum atomic E-state index is -0.833. The molecule has 0 bridgehead atoms. The van der Waals surface area contributed by atoms with Gasteiger partial charge in [-0.1, -0.05) is 0 Å². The molecule has 1 aromatic rings. The standard InChI is InChI=1S/C4H5N3.3C2H4O2/c5-4-1-2-6-3-7-4;3*1-2(3)4/h1-3H,(H2,5,6,7);3*1H3,(H,3,4). The Morgan fingerprint density at radius 2 is 1.32 bits per heavy atom. The Morgan fingerprint density at radius 3 is 1.42 bits per heavy atom. The zero-order chi connectivity index (χ0) is 15.8. The molecule has 0 saturated heterocycles. The van der Waals surface area contributed by atoms with Crippen molar-refractivity contribution in [3.05, 3.63) is 18.6 Å². The molecule has 9 heteroatoms. The molecular formula is C10H17N3O6. The van der Waals surface area contributed by atoms with Gasteiger partial charge >= 0.3 is 0 Å². The number of rotatable bonds is 0. The van der Waals surface area contributed by atoms with Crippen LogP contribution in [0.25, 0.3) is 0 Å². The van der Waals surface area contributed by atoms with Gasteiger partial charge < -0.3 is 21.1 Å². The number of anilines is 1. The summed E-state index contributed by atoms with van der Waals surface area (Å²) in [4.78, 5) is 34.3. The van der Waals surface area contributed by atoms with Crippen LogP contribution in [0.1, 0.15) is 20.8 Å². The normalized spacial score (nSPS) is 7.11. The monoisotopic (exact) mass is 275 g/mol. The summed E-state index contributed by atoms with van der Waals surface area (Å²) in [7, 11) is 0. The first-order valence-corrected chi connectivity index (χ1v) is 4.69. The molecule has 0 fully saturated rings. The van der Waals surface area contributed by atoms with E-state index >= 15 is 0 Å². The average Bonchev–Trinajstić information content (AvgIpc) is 2.15. The topological polar surface area (TPSA) is 164 Å². The van der Waals surface area contributed by atoms with Crippen LogP contribution < -0.4 is 5.73 Å². The summed E-state index contributed by atoms with van der Waals surface area (Å²) in [5.41, 5.74) is 5.21. The van der Waals surface area contributed by atoms with Gasteiger partial charge in [0.25, 0.3) is 17.9 Å². The van der Waals surface area contributed by atoms with Crippen LogP contribution in [0.5, 0.6) is 0 Å². The molecule has 5 N–H and O–H groups in total. The molecule has 0 spiro atoms. The number of carboxylic acid groups (broad SMARTS) is 3. The number of nitrogens with two attached hydrogens (primary N) is 1. The van der Waals surface area contributed by atoms with E-state index in [0.29, 0.717) is 5.82 Å². The lowest BCUT2D eigenvalue weighted by Gasteiger charge is -1.82. The summed E-state index contributed by atoms with van der Waals surface area (Å²) in [5, 5.41) is 22.2. The van der Waals surface area contributed by atoms with Crippen LogP contribution in [-0.4, -0.2) is 43.2 Å². The minimum Gasteiger partial charge on any atom is -0.481 e. The zero-order valence-corrected chi connectivity index (χ0v) is 10.8. The van der Waals surface area contributed by atoms with Crippen molar-refractivity contribution in [2.75, 3.05) is 5.73 Å². The van der Waals surface area contributed by atoms with Crippen molar-refractivity contribution in [3.63, 3.8) is 0 Å². The first-order valence-electron chi connectivity index (χ1n) is 4.69. The minimum absolute atomic E-state index is 0.509. The molecule has 19 heavy (non-hydrogen) atoms. The van der Waals surface area contributed by atoms with Gasteiger partial charge in [0.15, 0.2) is 0 Å². The van der Waals surface area contributed by atoms with Gasteiger partial charge in [-0.15, -0.1) is 0 Å². The highest BCUT2D eigenvalue weighted by atomic mass is 16.4. The Hall–Kier alpha value is -2.71. The Kier molecular flexibility index (Phi) is 17.4. The number of hydrogen-bond acceptors (Lipinski definition) is 6. The van der Waals surface area contributed by atoms with E-state index in [1.165, 1.54) is 6.33 Å². The molecular weight excluding hydrogens is 258 g/mol. The Balaban J connectivity index is -0.000000189. The van der Waals surface area contributed by atoms with Crippen molar-refractivity contribution in [1.82, 2.24) is 9.97 Å². The molecule has 1 aromatic heterocycles. The summed E-state index contributed by atoms with van der Waals surface area (Å²) in [5.74, 6) is -1.99. The second kappa shape index (κ2) is 15.3. The van der Waals surface area contributed by atoms with Gasteiger partial charge in [0.05, 0.1) is 0 Å². The van der Waals surface area contributed by atoms with Crippen LogP contribution >= 0.6 is 0 Å². The van der Waals surface area contributed by atoms with Crippen LogP contribution in [0.3, 0.4) is 0 Å². The van der Waals surface area contributed by atoms with Crippen molar-refractivity contribution in [1.29, 1.82) is 0 Å². The van der Waals surface area contributed by atoms with Crippen LogP contribution in [-0.2, 0) is 14.4 Å². The molecule has 0 saturated carbocycles. The van der Waals surface area contributed by atoms with E-state index in [4.69, 9.17) is 35.4 Å². The number of nitrogen functional groups attached to an aromatic ring is 1. The lowest BCUT2D eigenvalue weighted by molar-refractivity contribution is -0.135. The van der Waals surface area contributed by atoms with Crippen molar-refractivity contribution in [2.45, 2.75) is 20.8 Å². The fourth-order valence-electron chi connectivity index (χ4n) is 0.301. The molecule has 9 nitrogen and oxygen atoms in total. The molecule has 0 amide bonds. The fourth-order valence-corrected chi connectivity index (χ4v) is 0.301. The largest absolute Gasteiger partial charge is 0.481 e. The fraction of sp³-hybridized carbons (Fsp3) is 0.300. The summed E-state index contributed by atoms with van der Waals surface area (Å²) in [6.45, 7) is 3.25. The van der Waals surface area contributed by atoms with E-state index in [1.54, 1.807) is 12.3 Å². The average molecular weight is 275 g/mol. The van der Waals surface area contributed by atoms with Gasteiger partial charge in [0.2, 0.25) is 0 Å². The summed E-state index contributed by atoms with van der Waals surface area (Å²) in [6.07, 6.45) is 3.01. The maximum absolute atomic E-state index is 9.00. The number of hydrogen-bond donors (Lipinski definition) is 4. The van der Waals surface area contributed by atoms with Crippen molar-refractivity contribution >= 4 is 23.7 Å². The third-order valence-corrected chi connectivity index (χ3v) is 0.605. The molecule has 0 aromatic carbocycles. The predicted molar refractivity (Wildman–Crippen MR) is 66.4 cm³/mol. The second-order valence-electron chi connectivity index (χ2n) is 2.69. The maximum atomic E-state index is 9.00. The van der Waals surface area contributed by atoms with E-state index in [-0.39, 0.29) is 0 Å². The number of aromatic nitrogens is 2. The molecule has 0 radical (unpaired) electrons. The van der Waals surface area contributed by atoms with E-state index in [0.717, 1.165) is 20.8 Å². The molecule has 1 rings (SSSR count). The predicted octanol–water partition coefficient (Wildman–Crippen LogP) is 0.332. The lowest BCUT2D eigenvalue weighted by atomic mass is 10.6. The van der Waals surface area contributed by atoms with Gasteiger partial charge in [-0.2, -0.15) is 0 Å². The first kappa shape index (κ1) is 21.6. The molecule has 0 aliphatic rings. The number of carbonyl (C=O) groups is 3. The summed E-state index contributed by atoms with van der Waals surface area (Å²) >= 11 is 0. The van der Waals surface area contributed by atoms with E-state index in [1.807, 2.05) is 0 Å². The molecule has 0 aliphatic carbocycles. The van der Waals surface area contributed by atoms with Crippen molar-refractivity contribution < 1.29 is 29.7 Å². The van der Waals surface area contributed by atoms with Crippen LogP contribution in [0.2, 0.25) is 0 Å². The highest BCUT2D eigenvalue weighted by molar-refractivity contribution is 5.63. The summed E-state index contributed by atoms with van der Waals surface area (Å²) in [6, 6.07) is 1.64. The Morgan fingerprint density at radius 1 is 1.00 bits per heavy atom. The van der Waals surface area contributed by atoms with Crippen LogP contribution in [0.15, 0.2) is 18.6 Å². The SMILES string of the molecule is CC(=O)O.CC(=O)O.CC(=O)O.Nc1ccncn1. The smallest absolute Gasteiger partial charge is 0.300 e. The summed E-state index contributed by atoms with van der Waals surface area (Å²) < 4.78 is 0. The first-order chi connectivity index (χ1) is 8.59. The highest BCUT2D eigenvalue weighted by Crippen LogP contribution is 1.85. The van der Waals surface area contributed by atoms with Crippen molar-refractivity contribution in [2.24, 2.45) is 0 Å². The van der Waals surface area contributed by atoms with Gasteiger partial charge in [-0.25, -0.2) is 9.97 Å². The maximum Gasteiger partial charge on any atom is 0.300 e. The van der Waals surface area contributed by atoms with E-state index < -0.39 is 17.9 Å². The van der Waals surface area contributed by atoms with Crippen LogP contribution in [0, 0.1) is 0 Å². The van der Waals surface area contributed by atoms with Crippen LogP contribution in [0.4, 0.5) is 5.82 Å². The third-order valence-electron chi connectivity index (χ3n) is 0.605. The van der Waals surface area contributed by atoms with Crippen molar-refractivity contribution in [3.8, 4) is 0 Å². The quantitative estimate of drug-likeness (QED) is 0.522. The number of aliphatic carboxylic acids is 3. The molecule has 0 aliphatic heterocycles. The van der Waals surface area contributed by atoms with Gasteiger partial charge in [-0.05, 0) is 6.07 Å². The Bertz CT molecular complexity index is 328. The number of carboxylic acids is 3. The molecule has 108 valence electrons. The Labute approximate surface area is 109 Å². The van der Waals surface area contributed by atoms with E-state index in [9.17, 15) is 0 Å². The zero-order valence-electron chi connectivity index (χ0n) is 10.8. The van der Waals surface area contributed by atoms with Gasteiger partial charge in [-0.3, -0.25) is 14.4 Å². The molecule has 0 atom stereocenters. The highest BCUT2D eigenvalue weighted by Gasteiger charge is 1.74. The van der Waals surface area contributed by atoms with E-state index in [2.05, 4.69) is 9.97 Å². The second-order valence-corrected chi connectivity index (χ2v) is 2.69. The van der Waals surface area contributed by atoms with Gasteiger partial charge in [0.1, 0.15) is 12.1 Å². The lowest BCUT2D eigenvalue weighted by Crippen LogP contribution is -1.87. The third kappa shape index (κ3) is 96.5. The number of nitrogens with zero attached hydrogens (tertiary/aromatic N) is 2. The molecule has 1 heterocycles. The van der Waals surface area contributed by atoms with Gasteiger partial charge in [0, 0.05) is 27.0 Å². The molecule has 0 unspecified atom stereocenters.